The van der Waals surface area contributed by atoms with Gasteiger partial charge >= 0.3 is 0 Å². The first-order valence-corrected chi connectivity index (χ1v) is 7.89. The van der Waals surface area contributed by atoms with Crippen molar-refractivity contribution < 1.29 is 4.79 Å². The largest absolute Gasteiger partial charge is 0.350 e. The molecular formula is C19H20N4O. The van der Waals surface area contributed by atoms with Gasteiger partial charge in [0.05, 0.1) is 12.2 Å². The molecule has 0 fully saturated rings. The lowest BCUT2D eigenvalue weighted by atomic mass is 10.1. The number of aromatic nitrogens is 3. The molecule has 3 N–H and O–H groups in total. The van der Waals surface area contributed by atoms with E-state index in [1.165, 1.54) is 0 Å². The summed E-state index contributed by atoms with van der Waals surface area (Å²) in [6.07, 6.45) is 1.85. The molecule has 24 heavy (non-hydrogen) atoms. The van der Waals surface area contributed by atoms with Crippen LogP contribution in [0.5, 0.6) is 0 Å². The minimum absolute atomic E-state index is 0.0696. The number of carbonyl (C=O) groups is 1. The maximum atomic E-state index is 12.0. The molecule has 1 aromatic heterocycles. The van der Waals surface area contributed by atoms with Crippen LogP contribution >= 0.6 is 0 Å². The Morgan fingerprint density at radius 3 is 2.38 bits per heavy atom. The van der Waals surface area contributed by atoms with Crippen LogP contribution in [0.4, 0.5) is 0 Å². The van der Waals surface area contributed by atoms with Crippen molar-refractivity contribution in [1.29, 1.82) is 0 Å². The van der Waals surface area contributed by atoms with Crippen LogP contribution < -0.4 is 5.32 Å². The van der Waals surface area contributed by atoms with E-state index in [1.807, 2.05) is 71.7 Å². The van der Waals surface area contributed by atoms with Crippen LogP contribution in [0.1, 0.15) is 10.4 Å². The fourth-order valence-corrected chi connectivity index (χ4v) is 2.36. The molecule has 0 aliphatic heterocycles. The van der Waals surface area contributed by atoms with E-state index in [4.69, 9.17) is 0 Å². The highest BCUT2D eigenvalue weighted by molar-refractivity contribution is 5.94. The molecular weight excluding hydrogens is 300 g/mol. The monoisotopic (exact) mass is 320 g/mol. The third kappa shape index (κ3) is 4.16. The van der Waals surface area contributed by atoms with Gasteiger partial charge in [-0.1, -0.05) is 48.5 Å². The van der Waals surface area contributed by atoms with Gasteiger partial charge in [-0.25, -0.2) is 4.80 Å². The fourth-order valence-electron chi connectivity index (χ4n) is 2.36. The summed E-state index contributed by atoms with van der Waals surface area (Å²) in [6, 6.07) is 23.3. The lowest BCUT2D eigenvalue weighted by Crippen LogP contribution is -2.28. The van der Waals surface area contributed by atoms with Gasteiger partial charge in [0.15, 0.2) is 0 Å². The van der Waals surface area contributed by atoms with Crippen LogP contribution in [-0.2, 0) is 6.54 Å². The summed E-state index contributed by atoms with van der Waals surface area (Å²) in [5, 5.41) is 9.37. The minimum Gasteiger partial charge on any atom is -0.350 e. The highest BCUT2D eigenvalue weighted by atomic mass is 16.1. The Balaban J connectivity index is 1.66. The number of H-pyrrole nitrogens is 2. The maximum Gasteiger partial charge on any atom is 0.251 e. The topological polar surface area (TPSA) is 65.6 Å². The van der Waals surface area contributed by atoms with Gasteiger partial charge in [0.2, 0.25) is 0 Å². The Morgan fingerprint density at radius 1 is 0.917 bits per heavy atom. The number of carbonyl (C=O) groups excluding carboxylic acids is 1. The highest BCUT2D eigenvalue weighted by Crippen LogP contribution is 2.13. The molecule has 1 amide bonds. The molecule has 5 heteroatoms. The normalized spacial score (nSPS) is 10.2. The van der Waals surface area contributed by atoms with Crippen LogP contribution in [0.15, 0.2) is 79.0 Å². The van der Waals surface area contributed by atoms with Crippen LogP contribution in [0.3, 0.4) is 0 Å². The van der Waals surface area contributed by atoms with E-state index in [-0.39, 0.29) is 5.91 Å². The quantitative estimate of drug-likeness (QED) is 0.663. The average molecular weight is 320 g/mol. The summed E-state index contributed by atoms with van der Waals surface area (Å²) in [5.41, 5.74) is 2.76. The van der Waals surface area contributed by atoms with Crippen molar-refractivity contribution in [2.45, 2.75) is 6.54 Å². The number of benzene rings is 2. The van der Waals surface area contributed by atoms with E-state index < -0.39 is 0 Å². The molecule has 0 radical (unpaired) electrons. The fraction of sp³-hybridized carbons (Fsp3) is 0.105. The van der Waals surface area contributed by atoms with Crippen molar-refractivity contribution in [2.24, 2.45) is 0 Å². The number of hydrogen-bond donors (Lipinski definition) is 3. The average Bonchev–Trinajstić information content (AvgIpc) is 2.89. The Bertz CT molecular complexity index is 813. The van der Waals surface area contributed by atoms with E-state index in [1.54, 1.807) is 12.1 Å². The van der Waals surface area contributed by atoms with Crippen LogP contribution in [0.2, 0.25) is 0 Å². The molecule has 0 aliphatic rings. The first-order valence-electron chi connectivity index (χ1n) is 7.89. The van der Waals surface area contributed by atoms with Gasteiger partial charge in [-0.05, 0) is 29.8 Å². The van der Waals surface area contributed by atoms with Crippen molar-refractivity contribution in [1.82, 2.24) is 20.3 Å². The lowest BCUT2D eigenvalue weighted by Gasteiger charge is -2.08. The number of aromatic amines is 2. The first-order chi connectivity index (χ1) is 11.8. The number of amides is 1. The molecule has 2 aromatic carbocycles. The summed E-state index contributed by atoms with van der Waals surface area (Å²) in [7, 11) is 0. The van der Waals surface area contributed by atoms with E-state index in [0.29, 0.717) is 18.7 Å². The van der Waals surface area contributed by atoms with Crippen molar-refractivity contribution in [3.8, 4) is 11.3 Å². The second kappa shape index (κ2) is 7.87. The van der Waals surface area contributed by atoms with Gasteiger partial charge in [-0.2, -0.15) is 0 Å². The van der Waals surface area contributed by atoms with Gasteiger partial charge in [-0.15, -0.1) is 0 Å². The summed E-state index contributed by atoms with van der Waals surface area (Å²) < 4.78 is 0. The van der Waals surface area contributed by atoms with E-state index in [9.17, 15) is 4.79 Å². The van der Waals surface area contributed by atoms with Crippen molar-refractivity contribution >= 4 is 5.91 Å². The highest BCUT2D eigenvalue weighted by Gasteiger charge is 2.03. The van der Waals surface area contributed by atoms with Gasteiger partial charge in [0, 0.05) is 18.3 Å². The van der Waals surface area contributed by atoms with E-state index >= 15 is 0 Å². The number of rotatable bonds is 5. The Labute approximate surface area is 140 Å². The number of nitrogens with one attached hydrogen (secondary N) is 3. The van der Waals surface area contributed by atoms with Gasteiger partial charge in [-0.3, -0.25) is 15.0 Å². The zero-order valence-corrected chi connectivity index (χ0v) is 13.3. The molecule has 0 aliphatic carbocycles. The van der Waals surface area contributed by atoms with Crippen LogP contribution in [-0.4, -0.2) is 27.4 Å². The number of nitrogens with zero attached hydrogens (tertiary/aromatic N) is 1. The molecule has 122 valence electrons. The molecule has 0 saturated carbocycles. The molecule has 0 bridgehead atoms. The first kappa shape index (κ1) is 15.7. The number of hydrogen-bond acceptors (Lipinski definition) is 1. The van der Waals surface area contributed by atoms with E-state index in [2.05, 4.69) is 15.5 Å². The molecule has 0 unspecified atom stereocenters. The zero-order valence-electron chi connectivity index (χ0n) is 13.3. The molecule has 0 saturated heterocycles. The Hall–Kier alpha value is -3.21. The predicted octanol–water partition coefficient (Wildman–Crippen LogP) is 3.37. The predicted molar refractivity (Wildman–Crippen MR) is 95.0 cm³/mol. The molecule has 3 rings (SSSR count). The standard InChI is InChI=1S/C19H20N4O/c24-19(17-10-5-2-6-11-17)20-14-15-23-21-13-7-12-18(22-23)16-8-3-1-4-9-16/h1-13,21-22H,14-15H2,(H,20,24). The molecule has 0 spiro atoms. The second-order valence-corrected chi connectivity index (χ2v) is 5.32. The Kier molecular flexibility index (Phi) is 5.14. The minimum atomic E-state index is -0.0696. The smallest absolute Gasteiger partial charge is 0.251 e. The summed E-state index contributed by atoms with van der Waals surface area (Å²) in [6.45, 7) is 1.12. The van der Waals surface area contributed by atoms with Crippen molar-refractivity contribution in [3.63, 3.8) is 0 Å². The van der Waals surface area contributed by atoms with Crippen LogP contribution in [0, 0.1) is 0 Å². The van der Waals surface area contributed by atoms with Crippen molar-refractivity contribution in [3.05, 3.63) is 84.6 Å². The van der Waals surface area contributed by atoms with Crippen molar-refractivity contribution in [2.75, 3.05) is 6.54 Å². The van der Waals surface area contributed by atoms with Crippen LogP contribution in [0.25, 0.3) is 11.3 Å². The maximum absolute atomic E-state index is 12.0. The molecule has 3 aromatic rings. The zero-order chi connectivity index (χ0) is 16.6. The SMILES string of the molecule is O=C(NCCn1[nH]cccc(-c2ccccc2)[nH]1)c1ccccc1. The summed E-state index contributed by atoms with van der Waals surface area (Å²) >= 11 is 0. The lowest BCUT2D eigenvalue weighted by molar-refractivity contribution is 0.0951. The van der Waals surface area contributed by atoms with Gasteiger partial charge in [0.1, 0.15) is 0 Å². The van der Waals surface area contributed by atoms with Gasteiger partial charge < -0.3 is 5.32 Å². The summed E-state index contributed by atoms with van der Waals surface area (Å²) in [5.74, 6) is -0.0696. The van der Waals surface area contributed by atoms with E-state index in [0.717, 1.165) is 11.3 Å². The molecule has 5 nitrogen and oxygen atoms in total. The Morgan fingerprint density at radius 2 is 1.62 bits per heavy atom. The summed E-state index contributed by atoms with van der Waals surface area (Å²) in [4.78, 5) is 13.9. The third-order valence-corrected chi connectivity index (χ3v) is 3.59. The molecule has 1 heterocycles. The van der Waals surface area contributed by atoms with Gasteiger partial charge in [0.25, 0.3) is 5.91 Å². The molecule has 0 atom stereocenters. The third-order valence-electron chi connectivity index (χ3n) is 3.59. The second-order valence-electron chi connectivity index (χ2n) is 5.32.